The van der Waals surface area contributed by atoms with Crippen LogP contribution in [0.1, 0.15) is 5.69 Å². The van der Waals surface area contributed by atoms with E-state index in [4.69, 9.17) is 4.74 Å². The van der Waals surface area contributed by atoms with E-state index in [2.05, 4.69) is 62.7 Å². The van der Waals surface area contributed by atoms with Gasteiger partial charge in [0.05, 0.1) is 24.6 Å². The summed E-state index contributed by atoms with van der Waals surface area (Å²) in [6.45, 7) is 7.08. The van der Waals surface area contributed by atoms with Gasteiger partial charge in [0.25, 0.3) is 0 Å². The molecule has 7 heteroatoms. The second kappa shape index (κ2) is 8.82. The van der Waals surface area contributed by atoms with Crippen LogP contribution >= 0.6 is 0 Å². The fourth-order valence-corrected chi connectivity index (χ4v) is 2.90. The number of nitrogens with zero attached hydrogens (tertiary/aromatic N) is 4. The van der Waals surface area contributed by atoms with Gasteiger partial charge in [-0.1, -0.05) is 12.1 Å². The normalized spacial score (nSPS) is 14.5. The van der Waals surface area contributed by atoms with E-state index < -0.39 is 0 Å². The molecule has 1 saturated heterocycles. The van der Waals surface area contributed by atoms with E-state index in [1.165, 1.54) is 0 Å². The van der Waals surface area contributed by atoms with Gasteiger partial charge in [-0.05, 0) is 33.2 Å². The van der Waals surface area contributed by atoms with Crippen LogP contribution in [0.25, 0.3) is 0 Å². The average Bonchev–Trinajstić information content (AvgIpc) is 2.62. The van der Waals surface area contributed by atoms with E-state index in [0.29, 0.717) is 5.95 Å². The molecule has 2 N–H and O–H groups in total. The summed E-state index contributed by atoms with van der Waals surface area (Å²) in [4.78, 5) is 13.6. The van der Waals surface area contributed by atoms with Crippen LogP contribution in [0, 0.1) is 6.92 Å². The second-order valence-corrected chi connectivity index (χ2v) is 6.69. The summed E-state index contributed by atoms with van der Waals surface area (Å²) in [7, 11) is 4.12. The Balaban J connectivity index is 1.75. The zero-order valence-corrected chi connectivity index (χ0v) is 15.8. The maximum Gasteiger partial charge on any atom is 0.229 e. The fourth-order valence-electron chi connectivity index (χ4n) is 2.90. The fraction of sp³-hybridized carbons (Fsp3) is 0.474. The first kappa shape index (κ1) is 18.4. The maximum atomic E-state index is 5.47. The van der Waals surface area contributed by atoms with Crippen LogP contribution < -0.4 is 15.5 Å². The first-order chi connectivity index (χ1) is 12.6. The van der Waals surface area contributed by atoms with Gasteiger partial charge in [-0.3, -0.25) is 0 Å². The van der Waals surface area contributed by atoms with E-state index >= 15 is 0 Å². The number of morpholine rings is 1. The highest BCUT2D eigenvalue weighted by Crippen LogP contribution is 2.28. The summed E-state index contributed by atoms with van der Waals surface area (Å²) >= 11 is 0. The van der Waals surface area contributed by atoms with Crippen LogP contribution in [-0.2, 0) is 4.74 Å². The molecule has 1 fully saturated rings. The van der Waals surface area contributed by atoms with Crippen molar-refractivity contribution in [2.75, 3.05) is 69.0 Å². The van der Waals surface area contributed by atoms with Crippen molar-refractivity contribution in [3.05, 3.63) is 36.0 Å². The lowest BCUT2D eigenvalue weighted by Crippen LogP contribution is -2.36. The predicted molar refractivity (Wildman–Crippen MR) is 107 cm³/mol. The van der Waals surface area contributed by atoms with Gasteiger partial charge in [0.1, 0.15) is 5.82 Å². The number of nitrogens with one attached hydrogen (secondary N) is 2. The summed E-state index contributed by atoms with van der Waals surface area (Å²) in [6, 6.07) is 10.2. The molecule has 0 radical (unpaired) electrons. The number of anilines is 4. The molecule has 1 aromatic heterocycles. The lowest BCUT2D eigenvalue weighted by atomic mass is 10.2. The molecule has 3 rings (SSSR count). The van der Waals surface area contributed by atoms with Gasteiger partial charge < -0.3 is 25.2 Å². The number of benzene rings is 1. The number of rotatable bonds is 7. The Labute approximate surface area is 155 Å². The first-order valence-corrected chi connectivity index (χ1v) is 9.05. The third-order valence-electron chi connectivity index (χ3n) is 4.22. The molecule has 1 aromatic carbocycles. The van der Waals surface area contributed by atoms with Crippen molar-refractivity contribution >= 4 is 23.1 Å². The molecule has 2 aromatic rings. The molecule has 0 atom stereocenters. The van der Waals surface area contributed by atoms with Crippen molar-refractivity contribution in [3.8, 4) is 0 Å². The highest BCUT2D eigenvalue weighted by molar-refractivity contribution is 5.73. The minimum atomic E-state index is 0.609. The van der Waals surface area contributed by atoms with E-state index in [0.717, 1.165) is 62.3 Å². The number of likely N-dealkylation sites (N-methyl/N-ethyl adjacent to an activating group) is 1. The van der Waals surface area contributed by atoms with Crippen molar-refractivity contribution in [3.63, 3.8) is 0 Å². The predicted octanol–water partition coefficient (Wildman–Crippen LogP) is 2.34. The maximum absolute atomic E-state index is 5.47. The van der Waals surface area contributed by atoms with Crippen LogP contribution in [0.15, 0.2) is 30.3 Å². The SMILES string of the molecule is Cc1cc(NCCN(C)C)nc(Nc2ccccc2N2CCOCC2)n1. The Bertz CT molecular complexity index is 715. The van der Waals surface area contributed by atoms with Crippen LogP contribution in [0.5, 0.6) is 0 Å². The molecule has 1 aliphatic rings. The van der Waals surface area contributed by atoms with Crippen molar-refractivity contribution in [2.45, 2.75) is 6.92 Å². The standard InChI is InChI=1S/C19H28N6O/c1-15-14-18(20-8-9-24(2)3)23-19(21-15)22-16-6-4-5-7-17(16)25-10-12-26-13-11-25/h4-7,14H,8-13H2,1-3H3,(H2,20,21,22,23). The summed E-state index contributed by atoms with van der Waals surface area (Å²) < 4.78 is 5.47. The molecular formula is C19H28N6O. The third-order valence-corrected chi connectivity index (χ3v) is 4.22. The van der Waals surface area contributed by atoms with Crippen LogP contribution in [0.2, 0.25) is 0 Å². The Morgan fingerprint density at radius 2 is 1.92 bits per heavy atom. The minimum Gasteiger partial charge on any atom is -0.378 e. The van der Waals surface area contributed by atoms with E-state index in [1.807, 2.05) is 19.1 Å². The molecule has 0 aliphatic carbocycles. The lowest BCUT2D eigenvalue weighted by molar-refractivity contribution is 0.123. The molecule has 0 unspecified atom stereocenters. The average molecular weight is 356 g/mol. The number of hydrogen-bond acceptors (Lipinski definition) is 7. The van der Waals surface area contributed by atoms with Gasteiger partial charge >= 0.3 is 0 Å². The third kappa shape index (κ3) is 5.06. The van der Waals surface area contributed by atoms with Gasteiger partial charge in [0.2, 0.25) is 5.95 Å². The number of aromatic nitrogens is 2. The Hall–Kier alpha value is -2.38. The van der Waals surface area contributed by atoms with Crippen LogP contribution in [0.3, 0.4) is 0 Å². The quantitative estimate of drug-likeness (QED) is 0.789. The van der Waals surface area contributed by atoms with E-state index in [9.17, 15) is 0 Å². The molecule has 0 bridgehead atoms. The zero-order valence-electron chi connectivity index (χ0n) is 15.8. The van der Waals surface area contributed by atoms with Crippen molar-refractivity contribution < 1.29 is 4.74 Å². The van der Waals surface area contributed by atoms with E-state index in [-0.39, 0.29) is 0 Å². The number of ether oxygens (including phenoxy) is 1. The lowest BCUT2D eigenvalue weighted by Gasteiger charge is -2.30. The second-order valence-electron chi connectivity index (χ2n) is 6.69. The minimum absolute atomic E-state index is 0.609. The molecule has 7 nitrogen and oxygen atoms in total. The molecule has 0 spiro atoms. The zero-order chi connectivity index (χ0) is 18.4. The van der Waals surface area contributed by atoms with Crippen LogP contribution in [0.4, 0.5) is 23.1 Å². The molecule has 2 heterocycles. The number of hydrogen-bond donors (Lipinski definition) is 2. The van der Waals surface area contributed by atoms with Crippen molar-refractivity contribution in [1.29, 1.82) is 0 Å². The molecule has 140 valence electrons. The van der Waals surface area contributed by atoms with Gasteiger partial charge in [0, 0.05) is 37.9 Å². The smallest absolute Gasteiger partial charge is 0.229 e. The van der Waals surface area contributed by atoms with Crippen LogP contribution in [-0.4, -0.2) is 68.4 Å². The van der Waals surface area contributed by atoms with Gasteiger partial charge in [-0.15, -0.1) is 0 Å². The summed E-state index contributed by atoms with van der Waals surface area (Å²) in [6.07, 6.45) is 0. The topological polar surface area (TPSA) is 65.5 Å². The Morgan fingerprint density at radius 3 is 2.69 bits per heavy atom. The van der Waals surface area contributed by atoms with Gasteiger partial charge in [0.15, 0.2) is 0 Å². The molecule has 26 heavy (non-hydrogen) atoms. The summed E-state index contributed by atoms with van der Waals surface area (Å²) in [5.74, 6) is 1.45. The monoisotopic (exact) mass is 356 g/mol. The van der Waals surface area contributed by atoms with Gasteiger partial charge in [-0.25, -0.2) is 4.98 Å². The number of aryl methyl sites for hydroxylation is 1. The Morgan fingerprint density at radius 1 is 1.15 bits per heavy atom. The Kier molecular flexibility index (Phi) is 6.25. The molecule has 0 amide bonds. The summed E-state index contributed by atoms with van der Waals surface area (Å²) in [5, 5.41) is 6.76. The largest absolute Gasteiger partial charge is 0.378 e. The van der Waals surface area contributed by atoms with Crippen molar-refractivity contribution in [2.24, 2.45) is 0 Å². The molecular weight excluding hydrogens is 328 g/mol. The first-order valence-electron chi connectivity index (χ1n) is 9.05. The highest BCUT2D eigenvalue weighted by Gasteiger charge is 2.15. The van der Waals surface area contributed by atoms with Crippen molar-refractivity contribution in [1.82, 2.24) is 14.9 Å². The molecule has 0 saturated carbocycles. The molecule has 1 aliphatic heterocycles. The highest BCUT2D eigenvalue weighted by atomic mass is 16.5. The summed E-state index contributed by atoms with van der Waals surface area (Å²) in [5.41, 5.74) is 3.10. The van der Waals surface area contributed by atoms with Gasteiger partial charge in [-0.2, -0.15) is 4.98 Å². The van der Waals surface area contributed by atoms with E-state index in [1.54, 1.807) is 0 Å². The number of para-hydroxylation sites is 2.